The van der Waals surface area contributed by atoms with Crippen molar-refractivity contribution in [2.24, 2.45) is 0 Å². The summed E-state index contributed by atoms with van der Waals surface area (Å²) in [4.78, 5) is 17.5. The molecule has 2 aromatic heterocycles. The number of pyridine rings is 1. The number of carbonyl (C=O) groups is 1. The minimum absolute atomic E-state index is 0.138. The van der Waals surface area contributed by atoms with Gasteiger partial charge in [0.1, 0.15) is 5.82 Å². The van der Waals surface area contributed by atoms with Crippen molar-refractivity contribution in [1.29, 1.82) is 0 Å². The van der Waals surface area contributed by atoms with E-state index < -0.39 is 0 Å². The average molecular weight is 397 g/mol. The van der Waals surface area contributed by atoms with Gasteiger partial charge < -0.3 is 9.88 Å². The van der Waals surface area contributed by atoms with Gasteiger partial charge in [0.25, 0.3) is 5.91 Å². The van der Waals surface area contributed by atoms with Crippen LogP contribution in [0.2, 0.25) is 0 Å². The summed E-state index contributed by atoms with van der Waals surface area (Å²) >= 11 is 0. The number of nitrogens with one attached hydrogen (secondary N) is 1. The number of hydrogen-bond acceptors (Lipinski definition) is 4. The first-order valence-corrected chi connectivity index (χ1v) is 10.4. The molecule has 6 heteroatoms. The number of benzene rings is 2. The highest BCUT2D eigenvalue weighted by Gasteiger charge is 2.16. The molecule has 0 bridgehead atoms. The topological polar surface area (TPSA) is 72.7 Å². The third-order valence-corrected chi connectivity index (χ3v) is 5.60. The molecule has 1 aliphatic heterocycles. The van der Waals surface area contributed by atoms with E-state index in [2.05, 4.69) is 25.1 Å². The zero-order chi connectivity index (χ0) is 20.5. The number of carbonyl (C=O) groups excluding carboxylic acids is 1. The number of amides is 1. The van der Waals surface area contributed by atoms with Gasteiger partial charge in [-0.05, 0) is 56.2 Å². The summed E-state index contributed by atoms with van der Waals surface area (Å²) in [5, 5.41) is 12.7. The Morgan fingerprint density at radius 3 is 2.70 bits per heavy atom. The summed E-state index contributed by atoms with van der Waals surface area (Å²) in [6.45, 7) is 2.87. The lowest BCUT2D eigenvalue weighted by molar-refractivity contribution is 0.102. The molecule has 5 rings (SSSR count). The number of hydrogen-bond donors (Lipinski definition) is 1. The Balaban J connectivity index is 1.40. The largest absolute Gasteiger partial charge is 0.322 e. The van der Waals surface area contributed by atoms with Crippen LogP contribution < -0.4 is 5.32 Å². The fourth-order valence-corrected chi connectivity index (χ4v) is 4.10. The number of fused-ring (bicyclic) bond motifs is 2. The molecule has 30 heavy (non-hydrogen) atoms. The third-order valence-electron chi connectivity index (χ3n) is 5.60. The fraction of sp³-hybridized carbons (Fsp3) is 0.250. The Hall–Kier alpha value is -3.54. The van der Waals surface area contributed by atoms with Crippen molar-refractivity contribution in [3.8, 4) is 11.4 Å². The summed E-state index contributed by atoms with van der Waals surface area (Å²) in [5.74, 6) is 1.83. The summed E-state index contributed by atoms with van der Waals surface area (Å²) < 4.78 is 2.23. The highest BCUT2D eigenvalue weighted by Crippen LogP contribution is 2.25. The highest BCUT2D eigenvalue weighted by atomic mass is 16.1. The van der Waals surface area contributed by atoms with Gasteiger partial charge in [-0.1, -0.05) is 24.6 Å². The molecule has 0 spiro atoms. The van der Waals surface area contributed by atoms with Crippen molar-refractivity contribution in [3.63, 3.8) is 0 Å². The Bertz CT molecular complexity index is 1230. The molecule has 0 saturated carbocycles. The second kappa shape index (κ2) is 7.71. The zero-order valence-corrected chi connectivity index (χ0v) is 16.9. The van der Waals surface area contributed by atoms with Crippen LogP contribution in [-0.2, 0) is 13.0 Å². The summed E-state index contributed by atoms with van der Waals surface area (Å²) in [6, 6.07) is 17.4. The van der Waals surface area contributed by atoms with E-state index in [9.17, 15) is 4.79 Å². The molecule has 0 saturated heterocycles. The second-order valence-corrected chi connectivity index (χ2v) is 7.76. The lowest BCUT2D eigenvalue weighted by Crippen LogP contribution is -2.13. The van der Waals surface area contributed by atoms with Gasteiger partial charge in [0.05, 0.1) is 11.1 Å². The number of rotatable bonds is 3. The Kier molecular flexibility index (Phi) is 4.75. The Morgan fingerprint density at radius 1 is 1.00 bits per heavy atom. The lowest BCUT2D eigenvalue weighted by atomic mass is 10.1. The molecule has 1 aliphatic rings. The van der Waals surface area contributed by atoms with Crippen LogP contribution in [0.5, 0.6) is 0 Å². The number of nitrogens with zero attached hydrogens (tertiary/aromatic N) is 4. The van der Waals surface area contributed by atoms with Crippen molar-refractivity contribution >= 4 is 22.5 Å². The second-order valence-electron chi connectivity index (χ2n) is 7.76. The van der Waals surface area contributed by atoms with Gasteiger partial charge in [-0.15, -0.1) is 10.2 Å². The van der Waals surface area contributed by atoms with Crippen LogP contribution in [0.15, 0.2) is 54.6 Å². The van der Waals surface area contributed by atoms with Gasteiger partial charge >= 0.3 is 0 Å². The smallest absolute Gasteiger partial charge is 0.256 e. The maximum Gasteiger partial charge on any atom is 0.256 e. The summed E-state index contributed by atoms with van der Waals surface area (Å²) in [6.07, 6.45) is 4.55. The van der Waals surface area contributed by atoms with E-state index in [0.29, 0.717) is 5.56 Å². The van der Waals surface area contributed by atoms with E-state index >= 15 is 0 Å². The molecule has 4 aromatic rings. The van der Waals surface area contributed by atoms with Gasteiger partial charge in [0, 0.05) is 35.3 Å². The molecule has 6 nitrogen and oxygen atoms in total. The van der Waals surface area contributed by atoms with Gasteiger partial charge in [-0.3, -0.25) is 9.78 Å². The van der Waals surface area contributed by atoms with Crippen LogP contribution in [-0.4, -0.2) is 25.7 Å². The van der Waals surface area contributed by atoms with Gasteiger partial charge in [-0.25, -0.2) is 0 Å². The molecule has 3 heterocycles. The number of aromatic nitrogens is 4. The summed E-state index contributed by atoms with van der Waals surface area (Å²) in [7, 11) is 0. The van der Waals surface area contributed by atoms with Gasteiger partial charge in [-0.2, -0.15) is 0 Å². The molecule has 2 aromatic carbocycles. The first-order chi connectivity index (χ1) is 14.7. The van der Waals surface area contributed by atoms with Crippen molar-refractivity contribution in [1.82, 2.24) is 19.7 Å². The van der Waals surface area contributed by atoms with E-state index in [-0.39, 0.29) is 5.91 Å². The first-order valence-electron chi connectivity index (χ1n) is 10.4. The molecule has 1 N–H and O–H groups in total. The molecule has 0 radical (unpaired) electrons. The highest BCUT2D eigenvalue weighted by molar-refractivity contribution is 6.12. The molecular weight excluding hydrogens is 374 g/mol. The summed E-state index contributed by atoms with van der Waals surface area (Å²) in [5.41, 5.74) is 4.04. The first kappa shape index (κ1) is 18.5. The van der Waals surface area contributed by atoms with E-state index in [1.165, 1.54) is 12.8 Å². The molecule has 0 fully saturated rings. The van der Waals surface area contributed by atoms with E-state index in [4.69, 9.17) is 0 Å². The minimum Gasteiger partial charge on any atom is -0.322 e. The average Bonchev–Trinajstić information content (AvgIpc) is 3.01. The molecule has 0 unspecified atom stereocenters. The predicted octanol–water partition coefficient (Wildman–Crippen LogP) is 4.78. The SMILES string of the molecule is Cc1cc(C(=O)Nc2ccc(-c3nnc4n3CCCCC4)cc2)c2ccccc2n1. The van der Waals surface area contributed by atoms with Crippen molar-refractivity contribution in [2.45, 2.75) is 39.2 Å². The predicted molar refractivity (Wildman–Crippen MR) is 117 cm³/mol. The zero-order valence-electron chi connectivity index (χ0n) is 16.9. The lowest BCUT2D eigenvalue weighted by Gasteiger charge is -2.10. The quantitative estimate of drug-likeness (QED) is 0.540. The van der Waals surface area contributed by atoms with Crippen LogP contribution in [0.25, 0.3) is 22.3 Å². The normalized spacial score (nSPS) is 13.6. The maximum atomic E-state index is 13.0. The van der Waals surface area contributed by atoms with E-state index in [0.717, 1.165) is 58.9 Å². The number of aryl methyl sites for hydroxylation is 2. The van der Waals surface area contributed by atoms with Crippen LogP contribution in [0.1, 0.15) is 41.1 Å². The molecule has 1 amide bonds. The fourth-order valence-electron chi connectivity index (χ4n) is 4.10. The minimum atomic E-state index is -0.138. The van der Waals surface area contributed by atoms with Crippen molar-refractivity contribution in [3.05, 3.63) is 71.7 Å². The van der Waals surface area contributed by atoms with E-state index in [1.807, 2.05) is 61.5 Å². The van der Waals surface area contributed by atoms with Crippen LogP contribution in [0.4, 0.5) is 5.69 Å². The van der Waals surface area contributed by atoms with Crippen LogP contribution >= 0.6 is 0 Å². The molecule has 0 atom stereocenters. The van der Waals surface area contributed by atoms with Crippen molar-refractivity contribution in [2.75, 3.05) is 5.32 Å². The van der Waals surface area contributed by atoms with Gasteiger partial charge in [0.15, 0.2) is 5.82 Å². The maximum absolute atomic E-state index is 13.0. The van der Waals surface area contributed by atoms with E-state index in [1.54, 1.807) is 0 Å². The third kappa shape index (κ3) is 3.45. The van der Waals surface area contributed by atoms with Crippen molar-refractivity contribution < 1.29 is 4.79 Å². The molecule has 150 valence electrons. The molecule has 0 aliphatic carbocycles. The molecular formula is C24H23N5O. The van der Waals surface area contributed by atoms with Gasteiger partial charge in [0.2, 0.25) is 0 Å². The van der Waals surface area contributed by atoms with Crippen LogP contribution in [0.3, 0.4) is 0 Å². The number of anilines is 1. The Morgan fingerprint density at radius 2 is 1.83 bits per heavy atom. The monoisotopic (exact) mass is 397 g/mol. The standard InChI is InChI=1S/C24H23N5O/c1-16-15-20(19-7-4-5-8-21(19)25-16)24(30)26-18-12-10-17(11-13-18)23-28-27-22-9-3-2-6-14-29(22)23/h4-5,7-8,10-13,15H,2-3,6,9,14H2,1H3,(H,26,30). The number of para-hydroxylation sites is 1. The van der Waals surface area contributed by atoms with Crippen LogP contribution in [0, 0.1) is 6.92 Å². The Labute approximate surface area is 175 Å².